The van der Waals surface area contributed by atoms with E-state index in [0.717, 1.165) is 42.4 Å². The molecular weight excluding hydrogens is 585 g/mol. The summed E-state index contributed by atoms with van der Waals surface area (Å²) in [5.41, 5.74) is 6.39. The fourth-order valence-corrected chi connectivity index (χ4v) is 11.2. The molecule has 7 nitrogen and oxygen atoms in total. The molecule has 0 radical (unpaired) electrons. The van der Waals surface area contributed by atoms with Gasteiger partial charge in [-0.15, -0.1) is 0 Å². The number of nitrogen functional groups attached to an aromatic ring is 1. The van der Waals surface area contributed by atoms with Crippen molar-refractivity contribution < 1.29 is 33.7 Å². The van der Waals surface area contributed by atoms with Crippen molar-refractivity contribution in [2.75, 3.05) is 12.3 Å². The van der Waals surface area contributed by atoms with Gasteiger partial charge in [0, 0.05) is 28.0 Å². The summed E-state index contributed by atoms with van der Waals surface area (Å²) in [6, 6.07) is 12.4. The lowest BCUT2D eigenvalue weighted by Crippen LogP contribution is -2.67. The first-order chi connectivity index (χ1) is 22.0. The first-order valence-corrected chi connectivity index (χ1v) is 16.7. The quantitative estimate of drug-likeness (QED) is 0.368. The van der Waals surface area contributed by atoms with Crippen LogP contribution in [0.25, 0.3) is 0 Å². The summed E-state index contributed by atoms with van der Waals surface area (Å²) in [5.74, 6) is -0.753. The number of Topliss-reactive ketones (excluding diaryl/α,β-unsaturated/α-hetero) is 1. The summed E-state index contributed by atoms with van der Waals surface area (Å²) in [7, 11) is 0. The minimum Gasteiger partial charge on any atom is -0.399 e. The second-order valence-electron chi connectivity index (χ2n) is 15.2. The Morgan fingerprint density at radius 2 is 1.85 bits per heavy atom. The number of benzene rings is 2. The molecule has 0 spiro atoms. The lowest BCUT2D eigenvalue weighted by atomic mass is 9.38. The molecule has 46 heavy (non-hydrogen) atoms. The molecule has 0 unspecified atom stereocenters. The van der Waals surface area contributed by atoms with Gasteiger partial charge in [-0.05, 0) is 104 Å². The fourth-order valence-electron chi connectivity index (χ4n) is 11.2. The third-order valence-electron chi connectivity index (χ3n) is 13.0. The van der Waals surface area contributed by atoms with E-state index in [1.807, 2.05) is 43.3 Å². The van der Waals surface area contributed by atoms with Gasteiger partial charge in [-0.3, -0.25) is 9.59 Å². The maximum atomic E-state index is 15.8. The third-order valence-corrected chi connectivity index (χ3v) is 13.0. The Morgan fingerprint density at radius 1 is 1.11 bits per heavy atom. The zero-order valence-corrected chi connectivity index (χ0v) is 26.4. The van der Waals surface area contributed by atoms with E-state index in [4.69, 9.17) is 15.2 Å². The molecule has 242 valence electrons. The summed E-state index contributed by atoms with van der Waals surface area (Å²) < 4.78 is 29.0. The van der Waals surface area contributed by atoms with Gasteiger partial charge in [-0.2, -0.15) is 0 Å². The van der Waals surface area contributed by atoms with Crippen molar-refractivity contribution in [2.24, 2.45) is 34.0 Å². The summed E-state index contributed by atoms with van der Waals surface area (Å²) in [6.07, 6.45) is 7.80. The topological polar surface area (TPSA) is 119 Å². The highest BCUT2D eigenvalue weighted by Gasteiger charge is 2.80. The Hall–Kier alpha value is -3.17. The van der Waals surface area contributed by atoms with Crippen LogP contribution in [0.3, 0.4) is 0 Å². The molecule has 6 aliphatic rings. The second-order valence-corrected chi connectivity index (χ2v) is 15.2. The van der Waals surface area contributed by atoms with Crippen molar-refractivity contribution in [2.45, 2.75) is 82.9 Å². The maximum Gasteiger partial charge on any atom is 0.193 e. The summed E-state index contributed by atoms with van der Waals surface area (Å²) in [4.78, 5) is 26.4. The van der Waals surface area contributed by atoms with Crippen molar-refractivity contribution in [3.05, 3.63) is 88.8 Å². The zero-order chi connectivity index (χ0) is 32.2. The number of halogens is 1. The average Bonchev–Trinajstić information content (AvgIpc) is 3.76. The van der Waals surface area contributed by atoms with Gasteiger partial charge in [0.25, 0.3) is 0 Å². The summed E-state index contributed by atoms with van der Waals surface area (Å²) in [5, 5.41) is 22.6. The van der Waals surface area contributed by atoms with E-state index < -0.39 is 53.1 Å². The van der Waals surface area contributed by atoms with Crippen LogP contribution < -0.4 is 5.73 Å². The van der Waals surface area contributed by atoms with E-state index in [2.05, 4.69) is 6.92 Å². The first kappa shape index (κ1) is 30.2. The van der Waals surface area contributed by atoms with Gasteiger partial charge >= 0.3 is 0 Å². The molecule has 9 atom stereocenters. The van der Waals surface area contributed by atoms with Gasteiger partial charge in [0.2, 0.25) is 0 Å². The Balaban J connectivity index is 1.15. The molecule has 5 fully saturated rings. The van der Waals surface area contributed by atoms with Gasteiger partial charge < -0.3 is 25.4 Å². The molecular formula is C38H42FNO6. The van der Waals surface area contributed by atoms with E-state index in [9.17, 15) is 19.8 Å². The molecule has 4 saturated carbocycles. The van der Waals surface area contributed by atoms with Gasteiger partial charge in [0.15, 0.2) is 23.5 Å². The Kier molecular flexibility index (Phi) is 6.67. The Bertz CT molecular complexity index is 1680. The number of aliphatic hydroxyl groups excluding tert-OH is 2. The van der Waals surface area contributed by atoms with Gasteiger partial charge in [-0.1, -0.05) is 49.8 Å². The number of ether oxygens (including phenoxy) is 2. The number of rotatable bonds is 6. The normalized spacial score (nSPS) is 40.9. The average molecular weight is 628 g/mol. The van der Waals surface area contributed by atoms with Crippen LogP contribution in [0.4, 0.5) is 10.1 Å². The lowest BCUT2D eigenvalue weighted by molar-refractivity contribution is -0.230. The smallest absolute Gasteiger partial charge is 0.193 e. The van der Waals surface area contributed by atoms with Crippen LogP contribution in [0.15, 0.2) is 66.3 Å². The van der Waals surface area contributed by atoms with Crippen molar-refractivity contribution in [3.63, 3.8) is 0 Å². The molecule has 8 rings (SSSR count). The monoisotopic (exact) mass is 627 g/mol. The van der Waals surface area contributed by atoms with Crippen LogP contribution in [0.1, 0.15) is 75.4 Å². The number of anilines is 1. The summed E-state index contributed by atoms with van der Waals surface area (Å²) >= 11 is 0. The maximum absolute atomic E-state index is 15.8. The minimum absolute atomic E-state index is 0.0113. The predicted molar refractivity (Wildman–Crippen MR) is 169 cm³/mol. The van der Waals surface area contributed by atoms with E-state index in [1.165, 1.54) is 6.07 Å². The minimum atomic E-state index is -1.53. The van der Waals surface area contributed by atoms with Crippen molar-refractivity contribution >= 4 is 17.3 Å². The number of allylic oxidation sites excluding steroid dienone is 4. The highest BCUT2D eigenvalue weighted by atomic mass is 19.1. The predicted octanol–water partition coefficient (Wildman–Crippen LogP) is 5.38. The van der Waals surface area contributed by atoms with Crippen molar-refractivity contribution in [1.82, 2.24) is 0 Å². The Labute approximate surface area is 268 Å². The van der Waals surface area contributed by atoms with Crippen molar-refractivity contribution in [3.8, 4) is 0 Å². The fraction of sp³-hybridized carbons (Fsp3) is 0.526. The number of fused-ring (bicyclic) bond motifs is 7. The number of carbonyl (C=O) groups excluding carboxylic acids is 2. The highest BCUT2D eigenvalue weighted by molar-refractivity contribution is 6.01. The molecule has 0 aromatic heterocycles. The molecule has 0 bridgehead atoms. The standard InChI is InChI=1S/C38H42FNO6/c1-35-13-12-26(42)17-24(35)11-14-37(23-6-7-23)30-18-32-38(31(44)20-41,36(30,2)19-29(43)33(35)37)46-34(45-32)27-10-5-22(16-28(27)39)15-21-3-8-25(40)9-4-21/h3-5,8-10,12-13,16-17,23,29-30,32-34,41,43H,6-7,11,14-15,18-20,40H2,1-2H3/t29-,30+,32+,33+,34+,35-,36-,37+,38+/m0/s1. The number of hydrogen-bond donors (Lipinski definition) is 3. The number of carbonyl (C=O) groups is 2. The van der Waals surface area contributed by atoms with Crippen LogP contribution in [-0.4, -0.2) is 46.2 Å². The van der Waals surface area contributed by atoms with Gasteiger partial charge in [0.1, 0.15) is 12.4 Å². The molecule has 1 heterocycles. The van der Waals surface area contributed by atoms with Gasteiger partial charge in [-0.25, -0.2) is 4.39 Å². The Morgan fingerprint density at radius 3 is 2.54 bits per heavy atom. The number of nitrogens with two attached hydrogens (primary N) is 1. The largest absolute Gasteiger partial charge is 0.399 e. The van der Waals surface area contributed by atoms with Crippen LogP contribution >= 0.6 is 0 Å². The van der Waals surface area contributed by atoms with Crippen LogP contribution in [-0.2, 0) is 25.5 Å². The lowest BCUT2D eigenvalue weighted by Gasteiger charge is -2.66. The molecule has 1 aliphatic heterocycles. The number of ketones is 2. The molecule has 2 aromatic rings. The third kappa shape index (κ3) is 3.96. The van der Waals surface area contributed by atoms with E-state index >= 15 is 4.39 Å². The SMILES string of the molecule is C[C@]12C=CC(=O)C=C1CC[C@]1(C3CC3)[C@@H]2[C@@H](O)C[C@@]2(C)[C@H]1C[C@H]1O[C@@H](c3ccc(Cc4ccc(N)cc4)cc3F)O[C@]12C(=O)CO. The van der Waals surface area contributed by atoms with Gasteiger partial charge in [0.05, 0.1) is 12.2 Å². The van der Waals surface area contributed by atoms with Crippen molar-refractivity contribution in [1.29, 1.82) is 0 Å². The molecule has 1 saturated heterocycles. The number of hydrogen-bond acceptors (Lipinski definition) is 7. The molecule has 2 aromatic carbocycles. The van der Waals surface area contributed by atoms with E-state index in [1.54, 1.807) is 18.2 Å². The second kappa shape index (κ2) is 10.2. The molecule has 4 N–H and O–H groups in total. The zero-order valence-electron chi connectivity index (χ0n) is 26.4. The number of aliphatic hydroxyl groups is 2. The van der Waals surface area contributed by atoms with E-state index in [-0.39, 0.29) is 35.0 Å². The molecule has 8 heteroatoms. The molecule has 0 amide bonds. The van der Waals surface area contributed by atoms with E-state index in [0.29, 0.717) is 24.4 Å². The van der Waals surface area contributed by atoms with Crippen LogP contribution in [0.2, 0.25) is 0 Å². The summed E-state index contributed by atoms with van der Waals surface area (Å²) in [6.45, 7) is 3.45. The van der Waals surface area contributed by atoms with Crippen LogP contribution in [0, 0.1) is 39.8 Å². The molecule has 5 aliphatic carbocycles. The highest BCUT2D eigenvalue weighted by Crippen LogP contribution is 2.78. The van der Waals surface area contributed by atoms with Crippen LogP contribution in [0.5, 0.6) is 0 Å². The first-order valence-electron chi connectivity index (χ1n) is 16.7.